The monoisotopic (exact) mass is 318 g/mol. The Hall–Kier alpha value is -1.34. The minimum absolute atomic E-state index is 0.0314. The van der Waals surface area contributed by atoms with E-state index in [2.05, 4.69) is 0 Å². The van der Waals surface area contributed by atoms with Crippen LogP contribution in [0.1, 0.15) is 30.9 Å². The fraction of sp³-hybridized carbons (Fsp3) is 0.571. The summed E-state index contributed by atoms with van der Waals surface area (Å²) in [6.45, 7) is 0. The zero-order valence-electron chi connectivity index (χ0n) is 12.0. The SMILES string of the molecule is COc1cc(F)c(C(O)C2CCCCS2(=O)=O)cc1OC. The Morgan fingerprint density at radius 3 is 2.43 bits per heavy atom. The smallest absolute Gasteiger partial charge is 0.163 e. The van der Waals surface area contributed by atoms with E-state index in [-0.39, 0.29) is 22.8 Å². The fourth-order valence-electron chi connectivity index (χ4n) is 2.63. The number of aliphatic hydroxyl groups excluding tert-OH is 1. The summed E-state index contributed by atoms with van der Waals surface area (Å²) in [5.41, 5.74) is -0.0804. The summed E-state index contributed by atoms with van der Waals surface area (Å²) < 4.78 is 48.3. The maximum Gasteiger partial charge on any atom is 0.163 e. The van der Waals surface area contributed by atoms with Crippen molar-refractivity contribution in [1.29, 1.82) is 0 Å². The molecule has 0 radical (unpaired) electrons. The minimum Gasteiger partial charge on any atom is -0.493 e. The van der Waals surface area contributed by atoms with Crippen LogP contribution in [-0.2, 0) is 9.84 Å². The first-order valence-corrected chi connectivity index (χ1v) is 8.43. The van der Waals surface area contributed by atoms with E-state index < -0.39 is 27.0 Å². The molecule has 21 heavy (non-hydrogen) atoms. The molecule has 2 rings (SSSR count). The van der Waals surface area contributed by atoms with E-state index >= 15 is 0 Å². The summed E-state index contributed by atoms with van der Waals surface area (Å²) in [7, 11) is -0.646. The fourth-order valence-corrected chi connectivity index (χ4v) is 4.61. The molecular formula is C14H19FO5S. The molecule has 0 bridgehead atoms. The van der Waals surface area contributed by atoms with Crippen molar-refractivity contribution in [2.24, 2.45) is 0 Å². The number of rotatable bonds is 4. The Balaban J connectivity index is 2.41. The van der Waals surface area contributed by atoms with Crippen molar-refractivity contribution < 1.29 is 27.4 Å². The van der Waals surface area contributed by atoms with E-state index in [4.69, 9.17) is 9.47 Å². The molecule has 1 N–H and O–H groups in total. The molecule has 5 nitrogen and oxygen atoms in total. The van der Waals surface area contributed by atoms with Gasteiger partial charge in [0.1, 0.15) is 5.82 Å². The molecule has 0 aromatic heterocycles. The number of ether oxygens (including phenoxy) is 2. The molecule has 0 aliphatic carbocycles. The third-order valence-corrected chi connectivity index (χ3v) is 6.08. The Kier molecular flexibility index (Phi) is 4.73. The first kappa shape index (κ1) is 16.0. The number of halogens is 1. The average Bonchev–Trinajstić information content (AvgIpc) is 2.45. The van der Waals surface area contributed by atoms with E-state index in [1.165, 1.54) is 20.3 Å². The van der Waals surface area contributed by atoms with Crippen LogP contribution in [-0.4, -0.2) is 38.7 Å². The second kappa shape index (κ2) is 6.19. The lowest BCUT2D eigenvalue weighted by Crippen LogP contribution is -2.34. The lowest BCUT2D eigenvalue weighted by atomic mass is 10.0. The van der Waals surface area contributed by atoms with Crippen molar-refractivity contribution >= 4 is 9.84 Å². The summed E-state index contributed by atoms with van der Waals surface area (Å²) in [4.78, 5) is 0. The Bertz CT molecular complexity index is 614. The number of sulfone groups is 1. The lowest BCUT2D eigenvalue weighted by molar-refractivity contribution is 0.159. The van der Waals surface area contributed by atoms with Gasteiger partial charge in [-0.25, -0.2) is 12.8 Å². The van der Waals surface area contributed by atoms with E-state index in [0.29, 0.717) is 19.3 Å². The minimum atomic E-state index is -3.41. The van der Waals surface area contributed by atoms with Gasteiger partial charge in [0.05, 0.1) is 31.3 Å². The van der Waals surface area contributed by atoms with Crippen molar-refractivity contribution in [1.82, 2.24) is 0 Å². The lowest BCUT2D eigenvalue weighted by Gasteiger charge is -2.27. The van der Waals surface area contributed by atoms with Crippen molar-refractivity contribution in [2.75, 3.05) is 20.0 Å². The van der Waals surface area contributed by atoms with Gasteiger partial charge in [-0.05, 0) is 18.9 Å². The van der Waals surface area contributed by atoms with Gasteiger partial charge in [0.25, 0.3) is 0 Å². The molecule has 1 aliphatic heterocycles. The highest BCUT2D eigenvalue weighted by atomic mass is 32.2. The van der Waals surface area contributed by atoms with Crippen LogP contribution < -0.4 is 9.47 Å². The molecule has 1 aromatic carbocycles. The van der Waals surface area contributed by atoms with Gasteiger partial charge in [0.2, 0.25) is 0 Å². The summed E-state index contributed by atoms with van der Waals surface area (Å²) in [5.74, 6) is -0.233. The van der Waals surface area contributed by atoms with Gasteiger partial charge in [0, 0.05) is 11.6 Å². The molecule has 118 valence electrons. The quantitative estimate of drug-likeness (QED) is 0.917. The number of methoxy groups -OCH3 is 2. The zero-order valence-corrected chi connectivity index (χ0v) is 12.8. The van der Waals surface area contributed by atoms with Gasteiger partial charge in [0.15, 0.2) is 21.3 Å². The highest BCUT2D eigenvalue weighted by molar-refractivity contribution is 7.92. The van der Waals surface area contributed by atoms with Crippen molar-refractivity contribution in [3.05, 3.63) is 23.5 Å². The molecule has 2 atom stereocenters. The predicted molar refractivity (Wildman–Crippen MR) is 75.9 cm³/mol. The van der Waals surface area contributed by atoms with Gasteiger partial charge in [-0.15, -0.1) is 0 Å². The third kappa shape index (κ3) is 3.13. The maximum absolute atomic E-state index is 14.1. The number of hydrogen-bond donors (Lipinski definition) is 1. The highest BCUT2D eigenvalue weighted by Gasteiger charge is 2.37. The van der Waals surface area contributed by atoms with Crippen molar-refractivity contribution in [2.45, 2.75) is 30.6 Å². The zero-order chi connectivity index (χ0) is 15.6. The molecule has 2 unspecified atom stereocenters. The number of hydrogen-bond acceptors (Lipinski definition) is 5. The van der Waals surface area contributed by atoms with E-state index in [1.807, 2.05) is 0 Å². The molecular weight excluding hydrogens is 299 g/mol. The molecule has 0 spiro atoms. The normalized spacial score (nSPS) is 22.6. The first-order chi connectivity index (χ1) is 9.90. The van der Waals surface area contributed by atoms with Crippen LogP contribution in [0, 0.1) is 5.82 Å². The van der Waals surface area contributed by atoms with Crippen LogP contribution in [0.25, 0.3) is 0 Å². The second-order valence-corrected chi connectivity index (χ2v) is 7.41. The van der Waals surface area contributed by atoms with Crippen LogP contribution >= 0.6 is 0 Å². The summed E-state index contributed by atoms with van der Waals surface area (Å²) >= 11 is 0. The van der Waals surface area contributed by atoms with Crippen LogP contribution in [0.4, 0.5) is 4.39 Å². The standard InChI is InChI=1S/C14H19FO5S/c1-19-11-7-9(10(15)8-12(11)20-2)14(16)13-5-3-4-6-21(13,17)18/h7-8,13-14,16H,3-6H2,1-2H3. The second-order valence-electron chi connectivity index (χ2n) is 5.07. The first-order valence-electron chi connectivity index (χ1n) is 6.71. The summed E-state index contributed by atoms with van der Waals surface area (Å²) in [6.07, 6.45) is 0.211. The van der Waals surface area contributed by atoms with Crippen LogP contribution in [0.15, 0.2) is 12.1 Å². The maximum atomic E-state index is 14.1. The topological polar surface area (TPSA) is 72.8 Å². The largest absolute Gasteiger partial charge is 0.493 e. The van der Waals surface area contributed by atoms with Crippen molar-refractivity contribution in [3.63, 3.8) is 0 Å². The molecule has 0 amide bonds. The third-order valence-electron chi connectivity index (χ3n) is 3.80. The van der Waals surface area contributed by atoms with Gasteiger partial charge >= 0.3 is 0 Å². The van der Waals surface area contributed by atoms with Gasteiger partial charge in [-0.3, -0.25) is 0 Å². The summed E-state index contributed by atoms with van der Waals surface area (Å²) in [5, 5.41) is 9.36. The predicted octanol–water partition coefficient (Wildman–Crippen LogP) is 1.84. The van der Waals surface area contributed by atoms with Crippen LogP contribution in [0.5, 0.6) is 11.5 Å². The highest BCUT2D eigenvalue weighted by Crippen LogP contribution is 2.37. The molecule has 7 heteroatoms. The molecule has 1 fully saturated rings. The molecule has 1 aliphatic rings. The van der Waals surface area contributed by atoms with Gasteiger partial charge in [-0.1, -0.05) is 6.42 Å². The number of aliphatic hydroxyl groups is 1. The van der Waals surface area contributed by atoms with E-state index in [9.17, 15) is 17.9 Å². The van der Waals surface area contributed by atoms with Gasteiger partial charge in [-0.2, -0.15) is 0 Å². The van der Waals surface area contributed by atoms with E-state index in [0.717, 1.165) is 6.07 Å². The van der Waals surface area contributed by atoms with Gasteiger partial charge < -0.3 is 14.6 Å². The van der Waals surface area contributed by atoms with Crippen LogP contribution in [0.3, 0.4) is 0 Å². The Labute approximate surface area is 123 Å². The Morgan fingerprint density at radius 2 is 1.86 bits per heavy atom. The number of benzene rings is 1. The Morgan fingerprint density at radius 1 is 1.24 bits per heavy atom. The average molecular weight is 318 g/mol. The van der Waals surface area contributed by atoms with Crippen LogP contribution in [0.2, 0.25) is 0 Å². The molecule has 1 heterocycles. The molecule has 1 aromatic rings. The molecule has 0 saturated carbocycles. The summed E-state index contributed by atoms with van der Waals surface area (Å²) in [6, 6.07) is 2.38. The molecule has 1 saturated heterocycles. The van der Waals surface area contributed by atoms with Crippen molar-refractivity contribution in [3.8, 4) is 11.5 Å². The van der Waals surface area contributed by atoms with E-state index in [1.54, 1.807) is 0 Å².